The summed E-state index contributed by atoms with van der Waals surface area (Å²) in [6.07, 6.45) is 3.33. The standard InChI is InChI=1S/C9H9BrN4O2/c10-6-7(9(16)12-3-5-15)13-14-4-1-2-11-8(6)14/h1-2,4,15H,3,5H2,(H,12,16). The molecular weight excluding hydrogens is 276 g/mol. The maximum absolute atomic E-state index is 11.6. The van der Waals surface area contributed by atoms with Gasteiger partial charge in [0.15, 0.2) is 11.3 Å². The second-order valence-electron chi connectivity index (χ2n) is 3.03. The lowest BCUT2D eigenvalue weighted by molar-refractivity contribution is 0.0938. The monoisotopic (exact) mass is 284 g/mol. The average molecular weight is 285 g/mol. The van der Waals surface area contributed by atoms with Crippen molar-refractivity contribution in [2.24, 2.45) is 0 Å². The molecule has 0 aliphatic carbocycles. The zero-order chi connectivity index (χ0) is 11.5. The van der Waals surface area contributed by atoms with Gasteiger partial charge in [-0.2, -0.15) is 5.10 Å². The highest BCUT2D eigenvalue weighted by atomic mass is 79.9. The lowest BCUT2D eigenvalue weighted by Gasteiger charge is -1.98. The molecule has 6 nitrogen and oxygen atoms in total. The van der Waals surface area contributed by atoms with Crippen molar-refractivity contribution in [1.29, 1.82) is 0 Å². The fourth-order valence-corrected chi connectivity index (χ4v) is 1.80. The highest BCUT2D eigenvalue weighted by Gasteiger charge is 2.17. The molecule has 0 aliphatic rings. The van der Waals surface area contributed by atoms with E-state index in [9.17, 15) is 4.79 Å². The fourth-order valence-electron chi connectivity index (χ4n) is 1.26. The number of aromatic nitrogens is 3. The van der Waals surface area contributed by atoms with Crippen LogP contribution in [0, 0.1) is 0 Å². The van der Waals surface area contributed by atoms with E-state index in [1.54, 1.807) is 18.5 Å². The molecule has 84 valence electrons. The summed E-state index contributed by atoms with van der Waals surface area (Å²) in [7, 11) is 0. The van der Waals surface area contributed by atoms with Crippen molar-refractivity contribution < 1.29 is 9.90 Å². The van der Waals surface area contributed by atoms with Gasteiger partial charge in [-0.3, -0.25) is 4.79 Å². The van der Waals surface area contributed by atoms with Crippen LogP contribution in [-0.2, 0) is 0 Å². The van der Waals surface area contributed by atoms with Crippen LogP contribution in [0.3, 0.4) is 0 Å². The van der Waals surface area contributed by atoms with Gasteiger partial charge in [0.05, 0.1) is 11.1 Å². The third kappa shape index (κ3) is 1.91. The Balaban J connectivity index is 2.37. The minimum absolute atomic E-state index is 0.102. The molecule has 0 spiro atoms. The highest BCUT2D eigenvalue weighted by molar-refractivity contribution is 9.10. The number of aliphatic hydroxyl groups is 1. The first-order chi connectivity index (χ1) is 7.74. The number of nitrogens with one attached hydrogen (secondary N) is 1. The first-order valence-electron chi connectivity index (χ1n) is 4.62. The van der Waals surface area contributed by atoms with Crippen LogP contribution < -0.4 is 5.32 Å². The molecule has 0 unspecified atom stereocenters. The zero-order valence-corrected chi connectivity index (χ0v) is 9.81. The average Bonchev–Trinajstić information content (AvgIpc) is 2.64. The molecule has 2 aromatic rings. The Morgan fingerprint density at radius 3 is 3.12 bits per heavy atom. The Morgan fingerprint density at radius 2 is 2.44 bits per heavy atom. The van der Waals surface area contributed by atoms with Crippen molar-refractivity contribution in [3.8, 4) is 0 Å². The van der Waals surface area contributed by atoms with Crippen LogP contribution in [-0.4, -0.2) is 38.8 Å². The number of rotatable bonds is 3. The molecule has 0 atom stereocenters. The van der Waals surface area contributed by atoms with Crippen LogP contribution >= 0.6 is 15.9 Å². The minimum Gasteiger partial charge on any atom is -0.395 e. The second kappa shape index (κ2) is 4.58. The number of fused-ring (bicyclic) bond motifs is 1. The van der Waals surface area contributed by atoms with Crippen molar-refractivity contribution in [3.63, 3.8) is 0 Å². The predicted molar refractivity (Wildman–Crippen MR) is 60.1 cm³/mol. The fraction of sp³-hybridized carbons (Fsp3) is 0.222. The van der Waals surface area contributed by atoms with Crippen molar-refractivity contribution >= 4 is 27.5 Å². The van der Waals surface area contributed by atoms with Gasteiger partial charge < -0.3 is 10.4 Å². The van der Waals surface area contributed by atoms with Crippen LogP contribution in [0.1, 0.15) is 10.5 Å². The summed E-state index contributed by atoms with van der Waals surface area (Å²) in [4.78, 5) is 15.7. The van der Waals surface area contributed by atoms with E-state index in [2.05, 4.69) is 31.3 Å². The molecule has 16 heavy (non-hydrogen) atoms. The molecule has 0 fully saturated rings. The largest absolute Gasteiger partial charge is 0.395 e. The van der Waals surface area contributed by atoms with Gasteiger partial charge in [-0.05, 0) is 22.0 Å². The van der Waals surface area contributed by atoms with Crippen LogP contribution in [0.4, 0.5) is 0 Å². The van der Waals surface area contributed by atoms with Crippen molar-refractivity contribution in [2.45, 2.75) is 0 Å². The van der Waals surface area contributed by atoms with E-state index in [1.165, 1.54) is 4.52 Å². The first kappa shape index (κ1) is 11.0. The number of hydrogen-bond acceptors (Lipinski definition) is 4. The molecule has 0 saturated carbocycles. The number of hydrogen-bond donors (Lipinski definition) is 2. The van der Waals surface area contributed by atoms with Gasteiger partial charge in [0.1, 0.15) is 0 Å². The van der Waals surface area contributed by atoms with Gasteiger partial charge in [0.2, 0.25) is 0 Å². The van der Waals surface area contributed by atoms with E-state index in [0.717, 1.165) is 0 Å². The van der Waals surface area contributed by atoms with Crippen molar-refractivity contribution in [3.05, 3.63) is 28.6 Å². The Hall–Kier alpha value is -1.47. The Morgan fingerprint density at radius 1 is 1.62 bits per heavy atom. The topological polar surface area (TPSA) is 79.5 Å². The highest BCUT2D eigenvalue weighted by Crippen LogP contribution is 2.20. The van der Waals surface area contributed by atoms with E-state index in [1.807, 2.05) is 0 Å². The van der Waals surface area contributed by atoms with E-state index in [4.69, 9.17) is 5.11 Å². The summed E-state index contributed by atoms with van der Waals surface area (Å²) in [6.45, 7) is 0.0988. The van der Waals surface area contributed by atoms with E-state index >= 15 is 0 Å². The summed E-state index contributed by atoms with van der Waals surface area (Å²) < 4.78 is 2.06. The van der Waals surface area contributed by atoms with Crippen LogP contribution in [0.5, 0.6) is 0 Å². The molecule has 0 saturated heterocycles. The van der Waals surface area contributed by atoms with Gasteiger partial charge in [0.25, 0.3) is 5.91 Å². The van der Waals surface area contributed by atoms with Crippen molar-refractivity contribution in [1.82, 2.24) is 19.9 Å². The van der Waals surface area contributed by atoms with E-state index < -0.39 is 0 Å². The summed E-state index contributed by atoms with van der Waals surface area (Å²) in [5.41, 5.74) is 0.837. The molecule has 0 radical (unpaired) electrons. The van der Waals surface area contributed by atoms with Gasteiger partial charge >= 0.3 is 0 Å². The molecule has 0 aromatic carbocycles. The first-order valence-corrected chi connectivity index (χ1v) is 5.41. The lowest BCUT2D eigenvalue weighted by Crippen LogP contribution is -2.27. The molecule has 2 N–H and O–H groups in total. The number of nitrogens with zero attached hydrogens (tertiary/aromatic N) is 3. The number of carbonyl (C=O) groups is 1. The van der Waals surface area contributed by atoms with Crippen LogP contribution in [0.25, 0.3) is 5.65 Å². The molecule has 2 rings (SSSR count). The van der Waals surface area contributed by atoms with E-state index in [0.29, 0.717) is 10.1 Å². The minimum atomic E-state index is -0.341. The molecular formula is C9H9BrN4O2. The normalized spacial score (nSPS) is 10.6. The summed E-state index contributed by atoms with van der Waals surface area (Å²) in [6, 6.07) is 1.72. The molecule has 0 bridgehead atoms. The zero-order valence-electron chi connectivity index (χ0n) is 8.22. The maximum Gasteiger partial charge on any atom is 0.273 e. The number of aliphatic hydroxyl groups excluding tert-OH is 1. The quantitative estimate of drug-likeness (QED) is 0.845. The molecule has 2 aromatic heterocycles. The summed E-state index contributed by atoms with van der Waals surface area (Å²) in [5.74, 6) is -0.341. The number of carbonyl (C=O) groups excluding carboxylic acids is 1. The molecule has 7 heteroatoms. The van der Waals surface area contributed by atoms with E-state index in [-0.39, 0.29) is 24.8 Å². The SMILES string of the molecule is O=C(NCCO)c1nn2cccnc2c1Br. The Bertz CT molecular complexity index is 525. The van der Waals surface area contributed by atoms with Crippen LogP contribution in [0.2, 0.25) is 0 Å². The third-order valence-corrected chi connectivity index (χ3v) is 2.68. The molecule has 0 aliphatic heterocycles. The molecule has 1 amide bonds. The maximum atomic E-state index is 11.6. The van der Waals surface area contributed by atoms with Crippen LogP contribution in [0.15, 0.2) is 22.9 Å². The van der Waals surface area contributed by atoms with Gasteiger partial charge in [-0.1, -0.05) is 0 Å². The lowest BCUT2D eigenvalue weighted by atomic mass is 10.4. The van der Waals surface area contributed by atoms with Gasteiger partial charge in [-0.25, -0.2) is 9.50 Å². The molecule has 2 heterocycles. The second-order valence-corrected chi connectivity index (χ2v) is 3.82. The Labute approximate surface area is 99.4 Å². The third-order valence-electron chi connectivity index (χ3n) is 1.95. The van der Waals surface area contributed by atoms with Gasteiger partial charge in [-0.15, -0.1) is 0 Å². The summed E-state index contributed by atoms with van der Waals surface area (Å²) >= 11 is 3.28. The Kier molecular flexibility index (Phi) is 3.16. The van der Waals surface area contributed by atoms with Gasteiger partial charge in [0, 0.05) is 18.9 Å². The smallest absolute Gasteiger partial charge is 0.273 e. The van der Waals surface area contributed by atoms with Crippen molar-refractivity contribution in [2.75, 3.05) is 13.2 Å². The summed E-state index contributed by atoms with van der Waals surface area (Å²) in [5, 5.41) is 15.2. The number of halogens is 1. The predicted octanol–water partition coefficient (Wildman–Crippen LogP) is 0.214. The number of amides is 1.